The summed E-state index contributed by atoms with van der Waals surface area (Å²) in [4.78, 5) is 2.36. The van der Waals surface area contributed by atoms with E-state index in [1.165, 1.54) is 12.8 Å². The minimum atomic E-state index is 0.335. The molecule has 0 bridgehead atoms. The number of nitrogens with zero attached hydrogens (tertiary/aromatic N) is 2. The Hall–Kier alpha value is -2.21. The van der Waals surface area contributed by atoms with Crippen LogP contribution in [0.5, 0.6) is 11.5 Å². The summed E-state index contributed by atoms with van der Waals surface area (Å²) in [6, 6.07) is 5.70. The van der Waals surface area contributed by atoms with Crippen LogP contribution in [0, 0.1) is 0 Å². The molecule has 1 fully saturated rings. The lowest BCUT2D eigenvalue weighted by atomic mass is 10.0. The standard InChI is InChI=1S/C16H21N3O3/c1-20-13-6-5-11(9-14(13)21-2)15-12(18-22-16(15)17)10-19-7-3-4-8-19/h5-6,9H,3-4,7-8,10,17H2,1-2H3. The third-order valence-corrected chi connectivity index (χ3v) is 4.03. The molecule has 0 spiro atoms. The van der Waals surface area contributed by atoms with Gasteiger partial charge in [-0.05, 0) is 43.6 Å². The maximum atomic E-state index is 5.99. The predicted molar refractivity (Wildman–Crippen MR) is 84.0 cm³/mol. The molecule has 6 heteroatoms. The molecule has 2 heterocycles. The molecule has 2 aromatic rings. The lowest BCUT2D eigenvalue weighted by molar-refractivity contribution is 0.315. The van der Waals surface area contributed by atoms with Crippen molar-refractivity contribution in [2.75, 3.05) is 33.0 Å². The van der Waals surface area contributed by atoms with Gasteiger partial charge in [0.05, 0.1) is 19.8 Å². The summed E-state index contributed by atoms with van der Waals surface area (Å²) in [7, 11) is 3.23. The average Bonchev–Trinajstić information content (AvgIpc) is 3.17. The number of ether oxygens (including phenoxy) is 2. The van der Waals surface area contributed by atoms with Crippen molar-refractivity contribution in [3.8, 4) is 22.6 Å². The maximum absolute atomic E-state index is 5.99. The molecule has 6 nitrogen and oxygen atoms in total. The summed E-state index contributed by atoms with van der Waals surface area (Å²) >= 11 is 0. The van der Waals surface area contributed by atoms with E-state index in [0.717, 1.165) is 36.5 Å². The molecule has 0 atom stereocenters. The van der Waals surface area contributed by atoms with Crippen molar-refractivity contribution in [2.45, 2.75) is 19.4 Å². The molecular formula is C16H21N3O3. The van der Waals surface area contributed by atoms with Gasteiger partial charge in [-0.1, -0.05) is 11.2 Å². The van der Waals surface area contributed by atoms with Gasteiger partial charge in [-0.3, -0.25) is 4.90 Å². The number of methoxy groups -OCH3 is 2. The third kappa shape index (κ3) is 2.74. The molecule has 1 aromatic heterocycles. The Bertz CT molecular complexity index is 648. The molecule has 1 saturated heterocycles. The number of nitrogens with two attached hydrogens (primary N) is 1. The van der Waals surface area contributed by atoms with Crippen molar-refractivity contribution in [1.29, 1.82) is 0 Å². The first-order valence-electron chi connectivity index (χ1n) is 7.41. The van der Waals surface area contributed by atoms with E-state index in [0.29, 0.717) is 17.4 Å². The number of aromatic nitrogens is 1. The molecule has 22 heavy (non-hydrogen) atoms. The molecule has 118 valence electrons. The highest BCUT2D eigenvalue weighted by molar-refractivity contribution is 5.76. The Kier molecular flexibility index (Phi) is 4.20. The van der Waals surface area contributed by atoms with E-state index in [4.69, 9.17) is 19.7 Å². The third-order valence-electron chi connectivity index (χ3n) is 4.03. The van der Waals surface area contributed by atoms with Crippen LogP contribution >= 0.6 is 0 Å². The molecule has 0 unspecified atom stereocenters. The number of hydrogen-bond donors (Lipinski definition) is 1. The van der Waals surface area contributed by atoms with E-state index in [2.05, 4.69) is 10.1 Å². The molecular weight excluding hydrogens is 282 g/mol. The fraction of sp³-hybridized carbons (Fsp3) is 0.438. The van der Waals surface area contributed by atoms with Crippen LogP contribution in [0.4, 0.5) is 5.88 Å². The SMILES string of the molecule is COc1ccc(-c2c(CN3CCCC3)noc2N)cc1OC. The van der Waals surface area contributed by atoms with E-state index in [9.17, 15) is 0 Å². The molecule has 1 aliphatic rings. The van der Waals surface area contributed by atoms with Crippen molar-refractivity contribution >= 4 is 5.88 Å². The lowest BCUT2D eigenvalue weighted by Gasteiger charge is -2.14. The van der Waals surface area contributed by atoms with Crippen molar-refractivity contribution in [3.05, 3.63) is 23.9 Å². The molecule has 1 aliphatic heterocycles. The van der Waals surface area contributed by atoms with Crippen LogP contribution in [0.3, 0.4) is 0 Å². The van der Waals surface area contributed by atoms with E-state index in [-0.39, 0.29) is 0 Å². The fourth-order valence-corrected chi connectivity index (χ4v) is 2.90. The summed E-state index contributed by atoms with van der Waals surface area (Å²) in [6.45, 7) is 2.95. The quantitative estimate of drug-likeness (QED) is 0.915. The molecule has 2 N–H and O–H groups in total. The Morgan fingerprint density at radius 2 is 1.91 bits per heavy atom. The second kappa shape index (κ2) is 6.27. The van der Waals surface area contributed by atoms with E-state index < -0.39 is 0 Å². The largest absolute Gasteiger partial charge is 0.493 e. The topological polar surface area (TPSA) is 73.8 Å². The van der Waals surface area contributed by atoms with E-state index >= 15 is 0 Å². The maximum Gasteiger partial charge on any atom is 0.230 e. The number of rotatable bonds is 5. The van der Waals surface area contributed by atoms with Gasteiger partial charge in [-0.15, -0.1) is 0 Å². The van der Waals surface area contributed by atoms with Crippen molar-refractivity contribution in [1.82, 2.24) is 10.1 Å². The van der Waals surface area contributed by atoms with Gasteiger partial charge in [0.1, 0.15) is 5.69 Å². The monoisotopic (exact) mass is 303 g/mol. The van der Waals surface area contributed by atoms with Gasteiger partial charge < -0.3 is 19.7 Å². The molecule has 0 radical (unpaired) electrons. The van der Waals surface area contributed by atoms with Crippen molar-refractivity contribution in [3.63, 3.8) is 0 Å². The second-order valence-electron chi connectivity index (χ2n) is 5.42. The van der Waals surface area contributed by atoms with Crippen LogP contribution in [-0.2, 0) is 6.54 Å². The normalized spacial score (nSPS) is 15.2. The fourth-order valence-electron chi connectivity index (χ4n) is 2.90. The van der Waals surface area contributed by atoms with Crippen molar-refractivity contribution < 1.29 is 14.0 Å². The van der Waals surface area contributed by atoms with Gasteiger partial charge in [0.2, 0.25) is 5.88 Å². The van der Waals surface area contributed by atoms with Gasteiger partial charge in [0, 0.05) is 6.54 Å². The summed E-state index contributed by atoms with van der Waals surface area (Å²) in [6.07, 6.45) is 2.47. The van der Waals surface area contributed by atoms with Crippen molar-refractivity contribution in [2.24, 2.45) is 0 Å². The van der Waals surface area contributed by atoms with Crippen LogP contribution < -0.4 is 15.2 Å². The molecule has 0 amide bonds. The zero-order chi connectivity index (χ0) is 15.5. The minimum absolute atomic E-state index is 0.335. The zero-order valence-corrected chi connectivity index (χ0v) is 13.0. The minimum Gasteiger partial charge on any atom is -0.493 e. The highest BCUT2D eigenvalue weighted by Gasteiger charge is 2.21. The first-order valence-corrected chi connectivity index (χ1v) is 7.41. The first kappa shape index (κ1) is 14.7. The van der Waals surface area contributed by atoms with Crippen LogP contribution in [-0.4, -0.2) is 37.4 Å². The Morgan fingerprint density at radius 1 is 1.18 bits per heavy atom. The summed E-state index contributed by atoms with van der Waals surface area (Å²) in [5.74, 6) is 1.68. The highest BCUT2D eigenvalue weighted by Crippen LogP contribution is 2.36. The summed E-state index contributed by atoms with van der Waals surface area (Å²) in [5, 5.41) is 4.14. The second-order valence-corrected chi connectivity index (χ2v) is 5.42. The van der Waals surface area contributed by atoms with Gasteiger partial charge in [0.25, 0.3) is 0 Å². The number of anilines is 1. The highest BCUT2D eigenvalue weighted by atomic mass is 16.5. The average molecular weight is 303 g/mol. The van der Waals surface area contributed by atoms with Crippen LogP contribution in [0.2, 0.25) is 0 Å². The summed E-state index contributed by atoms with van der Waals surface area (Å²) in [5.41, 5.74) is 8.62. The smallest absolute Gasteiger partial charge is 0.230 e. The number of benzene rings is 1. The van der Waals surface area contributed by atoms with Gasteiger partial charge in [0.15, 0.2) is 11.5 Å². The Morgan fingerprint density at radius 3 is 2.59 bits per heavy atom. The predicted octanol–water partition coefficient (Wildman–Crippen LogP) is 2.54. The van der Waals surface area contributed by atoms with Crippen LogP contribution in [0.25, 0.3) is 11.1 Å². The Labute approximate surface area is 129 Å². The van der Waals surface area contributed by atoms with Gasteiger partial charge in [-0.25, -0.2) is 0 Å². The number of nitrogen functional groups attached to an aromatic ring is 1. The van der Waals surface area contributed by atoms with E-state index in [1.807, 2.05) is 18.2 Å². The molecule has 0 saturated carbocycles. The molecule has 3 rings (SSSR count). The van der Waals surface area contributed by atoms with Crippen LogP contribution in [0.15, 0.2) is 22.7 Å². The lowest BCUT2D eigenvalue weighted by Crippen LogP contribution is -2.19. The van der Waals surface area contributed by atoms with E-state index in [1.54, 1.807) is 14.2 Å². The zero-order valence-electron chi connectivity index (χ0n) is 13.0. The molecule has 0 aliphatic carbocycles. The van der Waals surface area contributed by atoms with Gasteiger partial charge >= 0.3 is 0 Å². The molecule has 1 aromatic carbocycles. The Balaban J connectivity index is 1.95. The number of hydrogen-bond acceptors (Lipinski definition) is 6. The van der Waals surface area contributed by atoms with Gasteiger partial charge in [-0.2, -0.15) is 0 Å². The van der Waals surface area contributed by atoms with Crippen LogP contribution in [0.1, 0.15) is 18.5 Å². The first-order chi connectivity index (χ1) is 10.7. The number of likely N-dealkylation sites (tertiary alicyclic amines) is 1. The summed E-state index contributed by atoms with van der Waals surface area (Å²) < 4.78 is 15.9.